The summed E-state index contributed by atoms with van der Waals surface area (Å²) in [6.07, 6.45) is 7.76. The largest absolute Gasteiger partial charge is 0.334 e. The highest BCUT2D eigenvalue weighted by Crippen LogP contribution is 2.38. The Morgan fingerprint density at radius 1 is 1.33 bits per heavy atom. The summed E-state index contributed by atoms with van der Waals surface area (Å²) in [7, 11) is 0. The minimum atomic E-state index is -0.377. The molecule has 5 heteroatoms. The Kier molecular flexibility index (Phi) is 3.69. The van der Waals surface area contributed by atoms with Crippen LogP contribution in [0, 0.1) is 12.3 Å². The predicted molar refractivity (Wildman–Crippen MR) is 80.6 cm³/mol. The van der Waals surface area contributed by atoms with Crippen molar-refractivity contribution in [2.75, 3.05) is 0 Å². The molecule has 4 nitrogen and oxygen atoms in total. The van der Waals surface area contributed by atoms with Gasteiger partial charge in [-0.15, -0.1) is 12.3 Å². The van der Waals surface area contributed by atoms with Crippen molar-refractivity contribution >= 4 is 17.5 Å². The molecule has 1 amide bonds. The highest BCUT2D eigenvalue weighted by Gasteiger charge is 2.39. The van der Waals surface area contributed by atoms with Gasteiger partial charge in [-0.3, -0.25) is 4.79 Å². The zero-order valence-electron chi connectivity index (χ0n) is 11.7. The highest BCUT2D eigenvalue weighted by molar-refractivity contribution is 6.30. The van der Waals surface area contributed by atoms with Crippen LogP contribution < -0.4 is 0 Å². The van der Waals surface area contributed by atoms with E-state index in [1.165, 1.54) is 5.56 Å². The number of carbonyl (C=O) groups excluding carboxylic acids is 1. The van der Waals surface area contributed by atoms with Gasteiger partial charge in [0.05, 0.1) is 0 Å². The number of fused-ring (bicyclic) bond motifs is 1. The normalized spacial score (nSPS) is 17.4. The second kappa shape index (κ2) is 5.50. The molecular weight excluding hydrogens is 286 g/mol. The molecule has 3 rings (SSSR count). The van der Waals surface area contributed by atoms with Crippen LogP contribution in [0.3, 0.4) is 0 Å². The number of terminal acetylenes is 1. The Morgan fingerprint density at radius 2 is 2.10 bits per heavy atom. The maximum Gasteiger partial charge on any atom is 0.223 e. The molecule has 0 bridgehead atoms. The van der Waals surface area contributed by atoms with E-state index in [-0.39, 0.29) is 11.6 Å². The molecule has 0 spiro atoms. The van der Waals surface area contributed by atoms with Crippen LogP contribution in [-0.4, -0.2) is 16.5 Å². The molecule has 0 fully saturated rings. The lowest BCUT2D eigenvalue weighted by Crippen LogP contribution is -2.26. The molecular formula is C16H16ClN3O. The number of rotatable bonds is 5. The van der Waals surface area contributed by atoms with Gasteiger partial charge in [-0.05, 0) is 23.3 Å². The van der Waals surface area contributed by atoms with Gasteiger partial charge in [-0.2, -0.15) is 10.2 Å². The fourth-order valence-electron chi connectivity index (χ4n) is 2.67. The summed E-state index contributed by atoms with van der Waals surface area (Å²) in [6.45, 7) is 1.30. The van der Waals surface area contributed by atoms with Gasteiger partial charge in [0.25, 0.3) is 0 Å². The van der Waals surface area contributed by atoms with Crippen molar-refractivity contribution in [1.29, 1.82) is 0 Å². The summed E-state index contributed by atoms with van der Waals surface area (Å²) in [5.41, 5.74) is 1.94. The second-order valence-electron chi connectivity index (χ2n) is 5.55. The van der Waals surface area contributed by atoms with Gasteiger partial charge in [0, 0.05) is 43.8 Å². The van der Waals surface area contributed by atoms with Crippen molar-refractivity contribution in [3.05, 3.63) is 34.3 Å². The van der Waals surface area contributed by atoms with Crippen molar-refractivity contribution in [3.8, 4) is 12.3 Å². The molecule has 2 heterocycles. The second-order valence-corrected chi connectivity index (χ2v) is 5.99. The van der Waals surface area contributed by atoms with Gasteiger partial charge >= 0.3 is 0 Å². The molecule has 2 aliphatic rings. The third-order valence-corrected chi connectivity index (χ3v) is 4.27. The summed E-state index contributed by atoms with van der Waals surface area (Å²) in [5.74, 6) is 2.73. The molecule has 0 aromatic heterocycles. The van der Waals surface area contributed by atoms with Crippen LogP contribution in [0.5, 0.6) is 0 Å². The molecule has 0 saturated carbocycles. The van der Waals surface area contributed by atoms with Crippen LogP contribution in [0.4, 0.5) is 0 Å². The van der Waals surface area contributed by atoms with Crippen LogP contribution in [0.15, 0.2) is 28.4 Å². The van der Waals surface area contributed by atoms with Crippen molar-refractivity contribution in [2.24, 2.45) is 10.2 Å². The number of hydrogen-bond donors (Lipinski definition) is 0. The predicted octanol–water partition coefficient (Wildman–Crippen LogP) is 3.54. The zero-order valence-corrected chi connectivity index (χ0v) is 12.4. The van der Waals surface area contributed by atoms with E-state index in [0.717, 1.165) is 12.0 Å². The molecule has 0 atom stereocenters. The first-order valence-corrected chi connectivity index (χ1v) is 7.42. The Bertz CT molecular complexity index is 641. The van der Waals surface area contributed by atoms with Crippen LogP contribution >= 0.6 is 11.6 Å². The number of halogens is 1. The molecule has 0 aliphatic carbocycles. The van der Waals surface area contributed by atoms with Crippen LogP contribution in [0.25, 0.3) is 0 Å². The van der Waals surface area contributed by atoms with E-state index in [9.17, 15) is 4.79 Å². The Labute approximate surface area is 129 Å². The molecule has 108 valence electrons. The van der Waals surface area contributed by atoms with Crippen molar-refractivity contribution in [3.63, 3.8) is 0 Å². The zero-order chi connectivity index (χ0) is 14.9. The molecule has 1 aromatic carbocycles. The van der Waals surface area contributed by atoms with Crippen LogP contribution in [0.2, 0.25) is 5.02 Å². The SMILES string of the molecule is C#CCCC1(CCC(=O)N2Cc3ccc(Cl)cc3C2)N=N1. The Morgan fingerprint density at radius 3 is 2.81 bits per heavy atom. The molecule has 2 aliphatic heterocycles. The topological polar surface area (TPSA) is 45.0 Å². The lowest BCUT2D eigenvalue weighted by Gasteiger charge is -2.16. The van der Waals surface area contributed by atoms with Gasteiger partial charge in [0.2, 0.25) is 5.91 Å². The van der Waals surface area contributed by atoms with E-state index in [0.29, 0.717) is 37.4 Å². The number of amides is 1. The summed E-state index contributed by atoms with van der Waals surface area (Å²) in [6, 6.07) is 5.79. The standard InChI is InChI=1S/C16H16ClN3O/c1-2-3-7-16(18-19-16)8-6-15(21)20-10-12-4-5-14(17)9-13(12)11-20/h1,4-5,9H,3,6-8,10-11H2. The molecule has 0 N–H and O–H groups in total. The smallest absolute Gasteiger partial charge is 0.223 e. The maximum absolute atomic E-state index is 12.3. The third-order valence-electron chi connectivity index (χ3n) is 4.04. The first-order chi connectivity index (χ1) is 10.1. The van der Waals surface area contributed by atoms with E-state index in [4.69, 9.17) is 18.0 Å². The molecule has 21 heavy (non-hydrogen) atoms. The molecule has 0 unspecified atom stereocenters. The maximum atomic E-state index is 12.3. The van der Waals surface area contributed by atoms with Gasteiger partial charge < -0.3 is 4.90 Å². The quantitative estimate of drug-likeness (QED) is 0.767. The van der Waals surface area contributed by atoms with Gasteiger partial charge in [-0.1, -0.05) is 17.7 Å². The first-order valence-electron chi connectivity index (χ1n) is 7.04. The summed E-state index contributed by atoms with van der Waals surface area (Å²) < 4.78 is 0. The van der Waals surface area contributed by atoms with Crippen LogP contribution in [0.1, 0.15) is 36.8 Å². The Balaban J connectivity index is 1.53. The summed E-state index contributed by atoms with van der Waals surface area (Å²) in [5, 5.41) is 8.84. The molecule has 1 aromatic rings. The van der Waals surface area contributed by atoms with E-state index < -0.39 is 0 Å². The Hall–Kier alpha value is -1.86. The average molecular weight is 302 g/mol. The number of nitrogens with zero attached hydrogens (tertiary/aromatic N) is 3. The van der Waals surface area contributed by atoms with E-state index in [2.05, 4.69) is 16.1 Å². The van der Waals surface area contributed by atoms with Crippen LogP contribution in [-0.2, 0) is 17.9 Å². The minimum Gasteiger partial charge on any atom is -0.334 e. The van der Waals surface area contributed by atoms with Gasteiger partial charge in [0.15, 0.2) is 5.66 Å². The monoisotopic (exact) mass is 301 g/mol. The first kappa shape index (κ1) is 14.1. The van der Waals surface area contributed by atoms with E-state index >= 15 is 0 Å². The summed E-state index contributed by atoms with van der Waals surface area (Å²) in [4.78, 5) is 14.2. The van der Waals surface area contributed by atoms with Crippen molar-refractivity contribution in [1.82, 2.24) is 4.90 Å². The van der Waals surface area contributed by atoms with Gasteiger partial charge in [-0.25, -0.2) is 0 Å². The fourth-order valence-corrected chi connectivity index (χ4v) is 2.87. The van der Waals surface area contributed by atoms with E-state index in [1.807, 2.05) is 23.1 Å². The van der Waals surface area contributed by atoms with Crippen molar-refractivity contribution in [2.45, 2.75) is 44.4 Å². The van der Waals surface area contributed by atoms with Gasteiger partial charge in [0.1, 0.15) is 0 Å². The lowest BCUT2D eigenvalue weighted by atomic mass is 10.0. The minimum absolute atomic E-state index is 0.139. The number of carbonyl (C=O) groups is 1. The fraction of sp³-hybridized carbons (Fsp3) is 0.438. The third kappa shape index (κ3) is 3.08. The van der Waals surface area contributed by atoms with Crippen molar-refractivity contribution < 1.29 is 4.79 Å². The lowest BCUT2D eigenvalue weighted by molar-refractivity contribution is -0.132. The molecule has 0 radical (unpaired) electrons. The molecule has 0 saturated heterocycles. The van der Waals surface area contributed by atoms with E-state index in [1.54, 1.807) is 0 Å². The average Bonchev–Trinajstić information content (AvgIpc) is 3.13. The number of hydrogen-bond acceptors (Lipinski definition) is 3. The summed E-state index contributed by atoms with van der Waals surface area (Å²) >= 11 is 5.98. The highest BCUT2D eigenvalue weighted by atomic mass is 35.5. The number of benzene rings is 1.